The maximum atomic E-state index is 4.19. The van der Waals surface area contributed by atoms with Gasteiger partial charge in [-0.1, -0.05) is 20.8 Å². The van der Waals surface area contributed by atoms with Gasteiger partial charge in [0.1, 0.15) is 0 Å². The maximum absolute atomic E-state index is 4.19. The molecule has 1 heterocycles. The molecule has 0 bridgehead atoms. The number of aromatic nitrogens is 1. The quantitative estimate of drug-likeness (QED) is 0.894. The maximum Gasteiger partial charge on any atom is 0.0410 e. The van der Waals surface area contributed by atoms with Crippen molar-refractivity contribution in [2.24, 2.45) is 5.41 Å². The summed E-state index contributed by atoms with van der Waals surface area (Å²) in [5.41, 5.74) is 1.63. The lowest BCUT2D eigenvalue weighted by Gasteiger charge is -2.30. The molecular formula is C14H23BrN2. The first-order chi connectivity index (χ1) is 7.93. The Morgan fingerprint density at radius 3 is 2.59 bits per heavy atom. The van der Waals surface area contributed by atoms with Crippen LogP contribution in [-0.2, 0) is 6.42 Å². The van der Waals surface area contributed by atoms with E-state index < -0.39 is 0 Å². The Morgan fingerprint density at radius 1 is 1.35 bits per heavy atom. The molecule has 1 unspecified atom stereocenters. The van der Waals surface area contributed by atoms with Crippen molar-refractivity contribution in [3.05, 3.63) is 28.5 Å². The predicted octanol–water partition coefficient (Wildman–Crippen LogP) is 3.80. The predicted molar refractivity (Wildman–Crippen MR) is 77.2 cm³/mol. The van der Waals surface area contributed by atoms with Crippen LogP contribution in [-0.4, -0.2) is 18.1 Å². The molecule has 96 valence electrons. The topological polar surface area (TPSA) is 24.9 Å². The number of hydrogen-bond donors (Lipinski definition) is 1. The van der Waals surface area contributed by atoms with Gasteiger partial charge in [-0.25, -0.2) is 0 Å². The largest absolute Gasteiger partial charge is 0.316 e. The van der Waals surface area contributed by atoms with E-state index in [0.717, 1.165) is 10.9 Å². The van der Waals surface area contributed by atoms with Crippen LogP contribution in [0.1, 0.15) is 39.2 Å². The molecule has 2 nitrogen and oxygen atoms in total. The Bertz CT molecular complexity index is 344. The van der Waals surface area contributed by atoms with E-state index in [9.17, 15) is 0 Å². The minimum absolute atomic E-state index is 0.324. The van der Waals surface area contributed by atoms with Gasteiger partial charge in [0.05, 0.1) is 0 Å². The fourth-order valence-electron chi connectivity index (χ4n) is 2.11. The van der Waals surface area contributed by atoms with Crippen molar-refractivity contribution in [1.82, 2.24) is 10.3 Å². The number of nitrogens with zero attached hydrogens (tertiary/aromatic N) is 1. The molecule has 1 aromatic rings. The molecule has 0 aliphatic rings. The lowest BCUT2D eigenvalue weighted by Crippen LogP contribution is -2.37. The van der Waals surface area contributed by atoms with Crippen LogP contribution in [0, 0.1) is 5.41 Å². The molecule has 17 heavy (non-hydrogen) atoms. The van der Waals surface area contributed by atoms with Crippen molar-refractivity contribution in [3.8, 4) is 0 Å². The van der Waals surface area contributed by atoms with Crippen LogP contribution in [0.4, 0.5) is 0 Å². The van der Waals surface area contributed by atoms with Crippen molar-refractivity contribution in [2.75, 3.05) is 7.05 Å². The molecule has 0 saturated carbocycles. The Morgan fingerprint density at radius 2 is 2.06 bits per heavy atom. The van der Waals surface area contributed by atoms with Gasteiger partial charge < -0.3 is 5.32 Å². The molecule has 0 aliphatic carbocycles. The zero-order valence-corrected chi connectivity index (χ0v) is 12.8. The molecule has 1 aromatic heterocycles. The summed E-state index contributed by atoms with van der Waals surface area (Å²) in [5, 5.41) is 3.41. The molecule has 0 amide bonds. The molecule has 0 saturated heterocycles. The summed E-state index contributed by atoms with van der Waals surface area (Å²) in [6, 6.07) is 2.72. The van der Waals surface area contributed by atoms with Crippen LogP contribution < -0.4 is 5.32 Å². The third kappa shape index (κ3) is 5.17. The van der Waals surface area contributed by atoms with Crippen LogP contribution in [0.15, 0.2) is 22.9 Å². The lowest BCUT2D eigenvalue weighted by atomic mass is 9.83. The van der Waals surface area contributed by atoms with Crippen molar-refractivity contribution in [3.63, 3.8) is 0 Å². The standard InChI is InChI=1S/C14H23BrN2/c1-14(2,3)13(16-4)7-5-6-11-8-12(15)10-17-9-11/h8-10,13,16H,5-7H2,1-4H3. The average molecular weight is 299 g/mol. The number of hydrogen-bond acceptors (Lipinski definition) is 2. The summed E-state index contributed by atoms with van der Waals surface area (Å²) in [6.45, 7) is 6.86. The Hall–Kier alpha value is -0.410. The van der Waals surface area contributed by atoms with Gasteiger partial charge in [-0.05, 0) is 59.3 Å². The first-order valence-electron chi connectivity index (χ1n) is 6.20. The van der Waals surface area contributed by atoms with Crippen LogP contribution in [0.2, 0.25) is 0 Å². The van der Waals surface area contributed by atoms with Gasteiger partial charge in [0.2, 0.25) is 0 Å². The first kappa shape index (κ1) is 14.7. The third-order valence-corrected chi connectivity index (χ3v) is 3.55. The van der Waals surface area contributed by atoms with Crippen LogP contribution in [0.3, 0.4) is 0 Å². The normalized spacial score (nSPS) is 13.7. The third-order valence-electron chi connectivity index (χ3n) is 3.11. The fourth-order valence-corrected chi connectivity index (χ4v) is 2.53. The molecule has 0 aromatic carbocycles. The molecule has 0 aliphatic heterocycles. The molecule has 3 heteroatoms. The fraction of sp³-hybridized carbons (Fsp3) is 0.643. The average Bonchev–Trinajstić information content (AvgIpc) is 2.22. The zero-order valence-electron chi connectivity index (χ0n) is 11.3. The lowest BCUT2D eigenvalue weighted by molar-refractivity contribution is 0.263. The second-order valence-corrected chi connectivity index (χ2v) is 6.53. The second kappa shape index (κ2) is 6.50. The van der Waals surface area contributed by atoms with Gasteiger partial charge in [-0.2, -0.15) is 0 Å². The summed E-state index contributed by atoms with van der Waals surface area (Å²) < 4.78 is 1.07. The molecule has 1 atom stereocenters. The van der Waals surface area contributed by atoms with Gasteiger partial charge in [0, 0.05) is 22.9 Å². The van der Waals surface area contributed by atoms with Gasteiger partial charge in [0.15, 0.2) is 0 Å². The highest BCUT2D eigenvalue weighted by molar-refractivity contribution is 9.10. The molecule has 0 radical (unpaired) electrons. The van der Waals surface area contributed by atoms with Crippen molar-refractivity contribution in [2.45, 2.75) is 46.1 Å². The highest BCUT2D eigenvalue weighted by Crippen LogP contribution is 2.23. The van der Waals surface area contributed by atoms with E-state index in [1.54, 1.807) is 0 Å². The van der Waals surface area contributed by atoms with E-state index in [4.69, 9.17) is 0 Å². The monoisotopic (exact) mass is 298 g/mol. The number of halogens is 1. The molecule has 0 spiro atoms. The Labute approximate surface area is 113 Å². The van der Waals surface area contributed by atoms with E-state index in [-0.39, 0.29) is 0 Å². The van der Waals surface area contributed by atoms with Crippen LogP contribution in [0.25, 0.3) is 0 Å². The highest BCUT2D eigenvalue weighted by Gasteiger charge is 2.21. The summed E-state index contributed by atoms with van der Waals surface area (Å²) in [5.74, 6) is 0. The minimum atomic E-state index is 0.324. The second-order valence-electron chi connectivity index (χ2n) is 5.61. The Balaban J connectivity index is 2.42. The summed E-state index contributed by atoms with van der Waals surface area (Å²) >= 11 is 3.45. The summed E-state index contributed by atoms with van der Waals surface area (Å²) in [4.78, 5) is 4.19. The number of nitrogens with one attached hydrogen (secondary N) is 1. The Kier molecular flexibility index (Phi) is 5.60. The van der Waals surface area contributed by atoms with Gasteiger partial charge in [0.25, 0.3) is 0 Å². The summed E-state index contributed by atoms with van der Waals surface area (Å²) in [7, 11) is 2.05. The SMILES string of the molecule is CNC(CCCc1cncc(Br)c1)C(C)(C)C. The molecule has 1 N–H and O–H groups in total. The van der Waals surface area contributed by atoms with E-state index in [1.165, 1.54) is 18.4 Å². The highest BCUT2D eigenvalue weighted by atomic mass is 79.9. The zero-order chi connectivity index (χ0) is 12.9. The smallest absolute Gasteiger partial charge is 0.0410 e. The van der Waals surface area contributed by atoms with Gasteiger partial charge in [-0.3, -0.25) is 4.98 Å². The number of rotatable bonds is 5. The van der Waals surface area contributed by atoms with E-state index in [0.29, 0.717) is 11.5 Å². The number of pyridine rings is 1. The van der Waals surface area contributed by atoms with E-state index in [1.807, 2.05) is 12.4 Å². The molecule has 0 fully saturated rings. The summed E-state index contributed by atoms with van der Waals surface area (Å²) in [6.07, 6.45) is 7.28. The van der Waals surface area contributed by atoms with Crippen LogP contribution >= 0.6 is 15.9 Å². The van der Waals surface area contributed by atoms with E-state index >= 15 is 0 Å². The van der Waals surface area contributed by atoms with Crippen molar-refractivity contribution < 1.29 is 0 Å². The van der Waals surface area contributed by atoms with Crippen molar-refractivity contribution >= 4 is 15.9 Å². The number of aryl methyl sites for hydroxylation is 1. The molecule has 1 rings (SSSR count). The van der Waals surface area contributed by atoms with Crippen LogP contribution in [0.5, 0.6) is 0 Å². The first-order valence-corrected chi connectivity index (χ1v) is 6.99. The van der Waals surface area contributed by atoms with Gasteiger partial charge in [-0.15, -0.1) is 0 Å². The van der Waals surface area contributed by atoms with Crippen molar-refractivity contribution in [1.29, 1.82) is 0 Å². The van der Waals surface area contributed by atoms with Gasteiger partial charge >= 0.3 is 0 Å². The molecular weight excluding hydrogens is 276 g/mol. The van der Waals surface area contributed by atoms with E-state index in [2.05, 4.69) is 60.1 Å². The minimum Gasteiger partial charge on any atom is -0.316 e.